The van der Waals surface area contributed by atoms with Crippen LogP contribution in [0.2, 0.25) is 0 Å². The number of carbonyl (C=O) groups is 3. The van der Waals surface area contributed by atoms with Crippen molar-refractivity contribution in [1.29, 1.82) is 0 Å². The average molecular weight is 451 g/mol. The van der Waals surface area contributed by atoms with Gasteiger partial charge >= 0.3 is 12.1 Å². The van der Waals surface area contributed by atoms with E-state index in [1.807, 2.05) is 24.3 Å². The van der Waals surface area contributed by atoms with Gasteiger partial charge in [-0.05, 0) is 35.1 Å². The molecule has 2 aromatic rings. The lowest BCUT2D eigenvalue weighted by molar-refractivity contribution is -0.137. The zero-order valence-electron chi connectivity index (χ0n) is 18.6. The van der Waals surface area contributed by atoms with Crippen molar-refractivity contribution in [2.24, 2.45) is 5.41 Å². The number of amides is 2. The highest BCUT2D eigenvalue weighted by Crippen LogP contribution is 2.44. The van der Waals surface area contributed by atoms with E-state index in [0.29, 0.717) is 12.8 Å². The van der Waals surface area contributed by atoms with Crippen molar-refractivity contribution < 1.29 is 24.2 Å². The summed E-state index contributed by atoms with van der Waals surface area (Å²) < 4.78 is 5.61. The molecule has 2 aromatic carbocycles. The summed E-state index contributed by atoms with van der Waals surface area (Å²) >= 11 is 0. The highest BCUT2D eigenvalue weighted by molar-refractivity contribution is 5.84. The van der Waals surface area contributed by atoms with Gasteiger partial charge in [0.15, 0.2) is 0 Å². The van der Waals surface area contributed by atoms with Crippen LogP contribution in [-0.2, 0) is 14.3 Å². The third-order valence-corrected chi connectivity index (χ3v) is 6.83. The van der Waals surface area contributed by atoms with Gasteiger partial charge in [-0.2, -0.15) is 0 Å². The van der Waals surface area contributed by atoms with Crippen LogP contribution in [-0.4, -0.2) is 42.8 Å². The van der Waals surface area contributed by atoms with Crippen molar-refractivity contribution in [2.75, 3.05) is 19.7 Å². The molecule has 0 unspecified atom stereocenters. The van der Waals surface area contributed by atoms with E-state index in [9.17, 15) is 14.4 Å². The number of benzene rings is 2. The Morgan fingerprint density at radius 1 is 0.909 bits per heavy atom. The van der Waals surface area contributed by atoms with Gasteiger partial charge in [-0.1, -0.05) is 67.8 Å². The lowest BCUT2D eigenvalue weighted by atomic mass is 9.73. The fourth-order valence-electron chi connectivity index (χ4n) is 5.07. The summed E-state index contributed by atoms with van der Waals surface area (Å²) in [5.74, 6) is -1.17. The molecule has 3 N–H and O–H groups in total. The van der Waals surface area contributed by atoms with Crippen LogP contribution in [0.25, 0.3) is 11.1 Å². The topological polar surface area (TPSA) is 105 Å². The van der Waals surface area contributed by atoms with E-state index in [2.05, 4.69) is 34.9 Å². The molecule has 1 fully saturated rings. The van der Waals surface area contributed by atoms with E-state index in [1.165, 1.54) is 11.1 Å². The first-order chi connectivity index (χ1) is 16.0. The zero-order chi connectivity index (χ0) is 23.3. The van der Waals surface area contributed by atoms with Gasteiger partial charge in [0, 0.05) is 19.0 Å². The van der Waals surface area contributed by atoms with Gasteiger partial charge in [0.2, 0.25) is 5.91 Å². The van der Waals surface area contributed by atoms with Crippen LogP contribution < -0.4 is 10.6 Å². The van der Waals surface area contributed by atoms with Crippen molar-refractivity contribution >= 4 is 18.0 Å². The largest absolute Gasteiger partial charge is 0.481 e. The number of aliphatic carboxylic acids is 1. The molecule has 4 rings (SSSR count). The van der Waals surface area contributed by atoms with Gasteiger partial charge in [0.25, 0.3) is 0 Å². The molecule has 0 radical (unpaired) electrons. The summed E-state index contributed by atoms with van der Waals surface area (Å²) in [5.41, 5.74) is 3.91. The van der Waals surface area contributed by atoms with Gasteiger partial charge < -0.3 is 20.5 Å². The maximum atomic E-state index is 12.9. The Labute approximate surface area is 193 Å². The summed E-state index contributed by atoms with van der Waals surface area (Å²) in [4.78, 5) is 36.2. The fraction of sp³-hybridized carbons (Fsp3) is 0.423. The molecule has 2 amide bonds. The van der Waals surface area contributed by atoms with Crippen LogP contribution in [0.15, 0.2) is 48.5 Å². The number of nitrogens with one attached hydrogen (secondary N) is 2. The standard InChI is InChI=1S/C26H30N2O5/c29-23(30)12-15-27-24(31)26(13-6-1-7-14-26)17-28-25(32)33-16-22-20-10-4-2-8-18(20)19-9-3-5-11-21(19)22/h2-5,8-11,22H,1,6-7,12-17H2,(H,27,31)(H,28,32)(H,29,30). The number of alkyl carbamates (subject to hydrolysis) is 1. The van der Waals surface area contributed by atoms with Crippen LogP contribution in [0.4, 0.5) is 4.79 Å². The number of rotatable bonds is 8. The minimum atomic E-state index is -0.954. The van der Waals surface area contributed by atoms with Gasteiger partial charge in [-0.15, -0.1) is 0 Å². The molecular formula is C26H30N2O5. The molecule has 174 valence electrons. The van der Waals surface area contributed by atoms with Gasteiger partial charge in [-0.25, -0.2) is 4.79 Å². The molecular weight excluding hydrogens is 420 g/mol. The SMILES string of the molecule is O=C(O)CCNC(=O)C1(CNC(=O)OCC2c3ccccc3-c3ccccc32)CCCCC1. The molecule has 2 aliphatic carbocycles. The van der Waals surface area contributed by atoms with E-state index in [0.717, 1.165) is 30.4 Å². The fourth-order valence-corrected chi connectivity index (χ4v) is 5.07. The number of hydrogen-bond donors (Lipinski definition) is 3. The minimum absolute atomic E-state index is 0.0221. The third-order valence-electron chi connectivity index (χ3n) is 6.83. The smallest absolute Gasteiger partial charge is 0.407 e. The predicted octanol–water partition coefficient (Wildman–Crippen LogP) is 4.07. The molecule has 0 aromatic heterocycles. The summed E-state index contributed by atoms with van der Waals surface area (Å²) in [6.07, 6.45) is 3.51. The molecule has 1 saturated carbocycles. The van der Waals surface area contributed by atoms with Crippen LogP contribution in [0, 0.1) is 5.41 Å². The molecule has 0 aliphatic heterocycles. The Hall–Kier alpha value is -3.35. The first kappa shape index (κ1) is 22.8. The number of carboxylic acids is 1. The summed E-state index contributed by atoms with van der Waals surface area (Å²) in [6, 6.07) is 16.3. The molecule has 7 heteroatoms. The average Bonchev–Trinajstić information content (AvgIpc) is 3.15. The molecule has 0 spiro atoms. The Morgan fingerprint density at radius 2 is 1.52 bits per heavy atom. The van der Waals surface area contributed by atoms with Crippen LogP contribution in [0.1, 0.15) is 55.6 Å². The Kier molecular flexibility index (Phi) is 6.96. The number of fused-ring (bicyclic) bond motifs is 3. The molecule has 7 nitrogen and oxygen atoms in total. The van der Waals surface area contributed by atoms with E-state index in [-0.39, 0.29) is 37.9 Å². The molecule has 0 bridgehead atoms. The molecule has 33 heavy (non-hydrogen) atoms. The number of carboxylic acid groups (broad SMARTS) is 1. The van der Waals surface area contributed by atoms with Crippen LogP contribution in [0.5, 0.6) is 0 Å². The maximum Gasteiger partial charge on any atom is 0.407 e. The second-order valence-corrected chi connectivity index (χ2v) is 8.92. The summed E-state index contributed by atoms with van der Waals surface area (Å²) in [5, 5.41) is 14.4. The van der Waals surface area contributed by atoms with Crippen LogP contribution >= 0.6 is 0 Å². The van der Waals surface area contributed by atoms with Crippen LogP contribution in [0.3, 0.4) is 0 Å². The highest BCUT2D eigenvalue weighted by Gasteiger charge is 2.40. The van der Waals surface area contributed by atoms with Crippen molar-refractivity contribution in [3.63, 3.8) is 0 Å². The van der Waals surface area contributed by atoms with Crippen molar-refractivity contribution in [1.82, 2.24) is 10.6 Å². The van der Waals surface area contributed by atoms with Gasteiger partial charge in [0.05, 0.1) is 11.8 Å². The Balaban J connectivity index is 1.36. The maximum absolute atomic E-state index is 12.9. The van der Waals surface area contributed by atoms with Crippen molar-refractivity contribution in [3.8, 4) is 11.1 Å². The summed E-state index contributed by atoms with van der Waals surface area (Å²) in [7, 11) is 0. The van der Waals surface area contributed by atoms with E-state index in [1.54, 1.807) is 0 Å². The van der Waals surface area contributed by atoms with Crippen molar-refractivity contribution in [2.45, 2.75) is 44.4 Å². The molecule has 2 aliphatic rings. The zero-order valence-corrected chi connectivity index (χ0v) is 18.6. The first-order valence-corrected chi connectivity index (χ1v) is 11.6. The molecule has 0 saturated heterocycles. The van der Waals surface area contributed by atoms with Gasteiger partial charge in [-0.3, -0.25) is 9.59 Å². The quantitative estimate of drug-likeness (QED) is 0.562. The first-order valence-electron chi connectivity index (χ1n) is 11.6. The molecule has 0 atom stereocenters. The monoisotopic (exact) mass is 450 g/mol. The van der Waals surface area contributed by atoms with E-state index < -0.39 is 17.5 Å². The van der Waals surface area contributed by atoms with E-state index >= 15 is 0 Å². The second kappa shape index (κ2) is 10.1. The number of ether oxygens (including phenoxy) is 1. The highest BCUT2D eigenvalue weighted by atomic mass is 16.5. The lowest BCUT2D eigenvalue weighted by Gasteiger charge is -2.35. The Bertz CT molecular complexity index is 983. The predicted molar refractivity (Wildman–Crippen MR) is 124 cm³/mol. The number of hydrogen-bond acceptors (Lipinski definition) is 4. The van der Waals surface area contributed by atoms with E-state index in [4.69, 9.17) is 9.84 Å². The Morgan fingerprint density at radius 3 is 2.12 bits per heavy atom. The second-order valence-electron chi connectivity index (χ2n) is 8.92. The lowest BCUT2D eigenvalue weighted by Crippen LogP contribution is -2.50. The number of carbonyl (C=O) groups excluding carboxylic acids is 2. The summed E-state index contributed by atoms with van der Waals surface area (Å²) in [6.45, 7) is 0.487. The molecule has 0 heterocycles. The van der Waals surface area contributed by atoms with Crippen molar-refractivity contribution in [3.05, 3.63) is 59.7 Å². The minimum Gasteiger partial charge on any atom is -0.481 e. The van der Waals surface area contributed by atoms with Gasteiger partial charge in [0.1, 0.15) is 6.61 Å². The third kappa shape index (κ3) is 5.02. The normalized spacial score (nSPS) is 16.4.